The summed E-state index contributed by atoms with van der Waals surface area (Å²) in [5.74, 6) is -0.393. The summed E-state index contributed by atoms with van der Waals surface area (Å²) < 4.78 is 18.9. The Morgan fingerprint density at radius 3 is 3.11 bits per heavy atom. The van der Waals surface area contributed by atoms with E-state index in [2.05, 4.69) is 10.3 Å². The maximum atomic E-state index is 13.5. The maximum absolute atomic E-state index is 13.5. The number of ether oxygens (including phenoxy) is 1. The van der Waals surface area contributed by atoms with E-state index in [0.29, 0.717) is 0 Å². The molecule has 1 aromatic carbocycles. The summed E-state index contributed by atoms with van der Waals surface area (Å²) in [5, 5.41) is 5.95. The average molecular weight is 287 g/mol. The third kappa shape index (κ3) is 3.19. The Morgan fingerprint density at radius 1 is 1.50 bits per heavy atom. The quantitative estimate of drug-likeness (QED) is 0.916. The second-order valence-electron chi connectivity index (χ2n) is 3.60. The Balaban J connectivity index is 2.00. The second kappa shape index (κ2) is 6.13. The Bertz CT molecular complexity index is 533. The zero-order chi connectivity index (χ0) is 13.0. The number of rotatable bonds is 5. The van der Waals surface area contributed by atoms with Gasteiger partial charge in [-0.1, -0.05) is 17.7 Å². The van der Waals surface area contributed by atoms with Gasteiger partial charge < -0.3 is 10.1 Å². The fraction of sp³-hybridized carbons (Fsp3) is 0.250. The highest BCUT2D eigenvalue weighted by molar-refractivity contribution is 7.09. The van der Waals surface area contributed by atoms with Gasteiger partial charge in [0.2, 0.25) is 0 Å². The number of nitrogens with zero attached hydrogens (tertiary/aromatic N) is 1. The molecule has 0 amide bonds. The molecule has 0 aliphatic carbocycles. The fourth-order valence-electron chi connectivity index (χ4n) is 1.39. The minimum atomic E-state index is -0.537. The van der Waals surface area contributed by atoms with E-state index >= 15 is 0 Å². The van der Waals surface area contributed by atoms with Gasteiger partial charge in [0.15, 0.2) is 11.6 Å². The molecule has 18 heavy (non-hydrogen) atoms. The van der Waals surface area contributed by atoms with E-state index in [1.54, 1.807) is 23.5 Å². The van der Waals surface area contributed by atoms with Gasteiger partial charge in [-0.05, 0) is 19.2 Å². The Hall–Kier alpha value is -1.17. The van der Waals surface area contributed by atoms with Gasteiger partial charge >= 0.3 is 0 Å². The molecule has 0 saturated carbocycles. The van der Waals surface area contributed by atoms with Crippen LogP contribution in [0.1, 0.15) is 10.7 Å². The molecule has 0 bridgehead atoms. The molecule has 0 radical (unpaired) electrons. The van der Waals surface area contributed by atoms with Crippen molar-refractivity contribution in [3.05, 3.63) is 45.1 Å². The van der Waals surface area contributed by atoms with Crippen LogP contribution in [-0.4, -0.2) is 12.0 Å². The van der Waals surface area contributed by atoms with Crippen LogP contribution in [0.4, 0.5) is 4.39 Å². The third-order valence-corrected chi connectivity index (χ3v) is 3.41. The van der Waals surface area contributed by atoms with E-state index < -0.39 is 5.82 Å². The monoisotopic (exact) mass is 286 g/mol. The summed E-state index contributed by atoms with van der Waals surface area (Å²) in [6.07, 6.45) is 0. The lowest BCUT2D eigenvalue weighted by atomic mass is 10.3. The number of benzene rings is 1. The summed E-state index contributed by atoms with van der Waals surface area (Å²) in [7, 11) is 1.86. The highest BCUT2D eigenvalue weighted by Gasteiger charge is 2.08. The molecule has 3 nitrogen and oxygen atoms in total. The van der Waals surface area contributed by atoms with E-state index in [1.165, 1.54) is 6.07 Å². The first kappa shape index (κ1) is 13.3. The Labute approximate surface area is 114 Å². The zero-order valence-electron chi connectivity index (χ0n) is 9.74. The van der Waals surface area contributed by atoms with Crippen LogP contribution in [0.25, 0.3) is 0 Å². The van der Waals surface area contributed by atoms with Crippen LogP contribution in [0, 0.1) is 5.82 Å². The predicted molar refractivity (Wildman–Crippen MR) is 70.6 cm³/mol. The molecule has 0 aliphatic heterocycles. The van der Waals surface area contributed by atoms with Crippen LogP contribution in [0.15, 0.2) is 23.6 Å². The molecule has 1 N–H and O–H groups in total. The van der Waals surface area contributed by atoms with Gasteiger partial charge in [0.1, 0.15) is 11.6 Å². The Morgan fingerprint density at radius 2 is 2.33 bits per heavy atom. The third-order valence-electron chi connectivity index (χ3n) is 2.22. The fourth-order valence-corrected chi connectivity index (χ4v) is 2.35. The predicted octanol–water partition coefficient (Wildman–Crippen LogP) is 3.23. The van der Waals surface area contributed by atoms with Crippen molar-refractivity contribution in [3.63, 3.8) is 0 Å². The van der Waals surface area contributed by atoms with Crippen molar-refractivity contribution in [1.82, 2.24) is 10.3 Å². The van der Waals surface area contributed by atoms with Gasteiger partial charge in [0.25, 0.3) is 0 Å². The van der Waals surface area contributed by atoms with Crippen molar-refractivity contribution in [2.45, 2.75) is 13.2 Å². The van der Waals surface area contributed by atoms with Crippen molar-refractivity contribution in [2.75, 3.05) is 7.05 Å². The summed E-state index contributed by atoms with van der Waals surface area (Å²) >= 11 is 7.21. The molecule has 0 atom stereocenters. The van der Waals surface area contributed by atoms with Crippen molar-refractivity contribution in [2.24, 2.45) is 0 Å². The number of nitrogens with one attached hydrogen (secondary N) is 1. The largest absolute Gasteiger partial charge is 0.484 e. The van der Waals surface area contributed by atoms with Gasteiger partial charge in [0.05, 0.1) is 10.7 Å². The van der Waals surface area contributed by atoms with Crippen LogP contribution in [0.2, 0.25) is 5.02 Å². The van der Waals surface area contributed by atoms with Crippen LogP contribution < -0.4 is 10.1 Å². The van der Waals surface area contributed by atoms with Crippen LogP contribution in [-0.2, 0) is 13.2 Å². The van der Waals surface area contributed by atoms with Crippen molar-refractivity contribution in [1.29, 1.82) is 0 Å². The van der Waals surface area contributed by atoms with Crippen molar-refractivity contribution in [3.8, 4) is 5.75 Å². The topological polar surface area (TPSA) is 34.2 Å². The van der Waals surface area contributed by atoms with Gasteiger partial charge in [-0.25, -0.2) is 9.37 Å². The lowest BCUT2D eigenvalue weighted by molar-refractivity contribution is 0.286. The lowest BCUT2D eigenvalue weighted by Crippen LogP contribution is -2.05. The molecule has 0 unspecified atom stereocenters. The first-order valence-electron chi connectivity index (χ1n) is 5.35. The maximum Gasteiger partial charge on any atom is 0.183 e. The molecule has 0 saturated heterocycles. The first-order valence-corrected chi connectivity index (χ1v) is 6.61. The van der Waals surface area contributed by atoms with Crippen LogP contribution >= 0.6 is 22.9 Å². The molecule has 96 valence electrons. The highest BCUT2D eigenvalue weighted by atomic mass is 35.5. The molecule has 2 aromatic rings. The normalized spacial score (nSPS) is 10.6. The van der Waals surface area contributed by atoms with Gasteiger partial charge in [-0.15, -0.1) is 11.3 Å². The standard InChI is InChI=1S/C12H12ClFN2OS/c1-15-5-11-16-8(7-18-11)6-17-10-4-2-3-9(13)12(10)14/h2-4,7,15H,5-6H2,1H3. The zero-order valence-corrected chi connectivity index (χ0v) is 11.3. The molecule has 0 aliphatic rings. The van der Waals surface area contributed by atoms with E-state index in [4.69, 9.17) is 16.3 Å². The number of halogens is 2. The van der Waals surface area contributed by atoms with Crippen molar-refractivity contribution < 1.29 is 9.13 Å². The van der Waals surface area contributed by atoms with Crippen molar-refractivity contribution >= 4 is 22.9 Å². The summed E-state index contributed by atoms with van der Waals surface area (Å²) in [5.41, 5.74) is 0.782. The molecular weight excluding hydrogens is 275 g/mol. The van der Waals surface area contributed by atoms with E-state index in [9.17, 15) is 4.39 Å². The van der Waals surface area contributed by atoms with Gasteiger partial charge in [0, 0.05) is 11.9 Å². The minimum Gasteiger partial charge on any atom is -0.484 e. The molecule has 6 heteroatoms. The summed E-state index contributed by atoms with van der Waals surface area (Å²) in [6.45, 7) is 0.952. The van der Waals surface area contributed by atoms with E-state index in [-0.39, 0.29) is 17.4 Å². The van der Waals surface area contributed by atoms with Gasteiger partial charge in [-0.3, -0.25) is 0 Å². The Kier molecular flexibility index (Phi) is 4.52. The van der Waals surface area contributed by atoms with Crippen LogP contribution in [0.5, 0.6) is 5.75 Å². The molecule has 1 aromatic heterocycles. The van der Waals surface area contributed by atoms with Gasteiger partial charge in [-0.2, -0.15) is 0 Å². The SMILES string of the molecule is CNCc1nc(COc2cccc(Cl)c2F)cs1. The first-order chi connectivity index (χ1) is 8.70. The number of hydrogen-bond acceptors (Lipinski definition) is 4. The smallest absolute Gasteiger partial charge is 0.183 e. The van der Waals surface area contributed by atoms with E-state index in [1.807, 2.05) is 12.4 Å². The highest BCUT2D eigenvalue weighted by Crippen LogP contribution is 2.24. The van der Waals surface area contributed by atoms with Crippen LogP contribution in [0.3, 0.4) is 0 Å². The summed E-state index contributed by atoms with van der Waals surface area (Å²) in [4.78, 5) is 4.34. The number of thiazole rings is 1. The van der Waals surface area contributed by atoms with E-state index in [0.717, 1.165) is 17.2 Å². The summed E-state index contributed by atoms with van der Waals surface area (Å²) in [6, 6.07) is 4.67. The molecular formula is C12H12ClFN2OS. The second-order valence-corrected chi connectivity index (χ2v) is 4.95. The molecule has 2 rings (SSSR count). The minimum absolute atomic E-state index is 0.0571. The molecule has 0 fully saturated rings. The molecule has 0 spiro atoms. The lowest BCUT2D eigenvalue weighted by Gasteiger charge is -2.06. The number of aromatic nitrogens is 1. The molecule has 1 heterocycles. The average Bonchev–Trinajstić information content (AvgIpc) is 2.79. The number of hydrogen-bond donors (Lipinski definition) is 1.